The van der Waals surface area contributed by atoms with Crippen LogP contribution in [0.2, 0.25) is 0 Å². The summed E-state index contributed by atoms with van der Waals surface area (Å²) in [5.74, 6) is 0. The molecule has 0 bridgehead atoms. The normalized spacial score (nSPS) is 11.7. The fourth-order valence-corrected chi connectivity index (χ4v) is 1.39. The van der Waals surface area contributed by atoms with Gasteiger partial charge in [-0.25, -0.2) is 0 Å². The number of pyridine rings is 1. The van der Waals surface area contributed by atoms with Crippen LogP contribution in [0.5, 0.6) is 0 Å². The number of hydrogen-bond donors (Lipinski definition) is 1. The molecule has 0 spiro atoms. The predicted molar refractivity (Wildman–Crippen MR) is 72.5 cm³/mol. The van der Waals surface area contributed by atoms with Gasteiger partial charge in [-0.2, -0.15) is 0 Å². The van der Waals surface area contributed by atoms with Gasteiger partial charge >= 0.3 is 0 Å². The summed E-state index contributed by atoms with van der Waals surface area (Å²) in [6.07, 6.45) is 3.65. The van der Waals surface area contributed by atoms with Crippen LogP contribution in [0.15, 0.2) is 24.5 Å². The highest BCUT2D eigenvalue weighted by atomic mass is 16.5. The van der Waals surface area contributed by atoms with Crippen molar-refractivity contribution in [1.29, 1.82) is 0 Å². The quantitative estimate of drug-likeness (QED) is 0.719. The molecular weight excluding hydrogens is 228 g/mol. The van der Waals surface area contributed by atoms with Gasteiger partial charge in [-0.05, 0) is 32.4 Å². The van der Waals surface area contributed by atoms with Crippen LogP contribution >= 0.6 is 0 Å². The summed E-state index contributed by atoms with van der Waals surface area (Å²) < 4.78 is 11.0. The topological polar surface area (TPSA) is 43.4 Å². The lowest BCUT2D eigenvalue weighted by Crippen LogP contribution is -2.23. The average molecular weight is 252 g/mol. The molecule has 1 aromatic rings. The van der Waals surface area contributed by atoms with Crippen LogP contribution in [0.1, 0.15) is 26.3 Å². The lowest BCUT2D eigenvalue weighted by molar-refractivity contribution is -0.0343. The molecule has 1 heterocycles. The van der Waals surface area contributed by atoms with Gasteiger partial charge in [0.25, 0.3) is 0 Å². The van der Waals surface area contributed by atoms with E-state index < -0.39 is 0 Å². The molecule has 1 aromatic heterocycles. The molecule has 0 aliphatic rings. The molecule has 4 nitrogen and oxygen atoms in total. The maximum absolute atomic E-state index is 5.55. The van der Waals surface area contributed by atoms with Crippen LogP contribution in [0, 0.1) is 0 Å². The number of nitrogens with one attached hydrogen (secondary N) is 1. The summed E-state index contributed by atoms with van der Waals surface area (Å²) in [5.41, 5.74) is 1.11. The minimum Gasteiger partial charge on any atom is -0.378 e. The van der Waals surface area contributed by atoms with E-state index in [9.17, 15) is 0 Å². The van der Waals surface area contributed by atoms with Crippen molar-refractivity contribution in [2.75, 3.05) is 26.4 Å². The Morgan fingerprint density at radius 3 is 2.72 bits per heavy atom. The van der Waals surface area contributed by atoms with Gasteiger partial charge in [-0.3, -0.25) is 4.98 Å². The molecule has 1 N–H and O–H groups in total. The smallest absolute Gasteiger partial charge is 0.0707 e. The fourth-order valence-electron chi connectivity index (χ4n) is 1.39. The maximum atomic E-state index is 5.55. The summed E-state index contributed by atoms with van der Waals surface area (Å²) in [6, 6.07) is 4.00. The molecule has 0 atom stereocenters. The van der Waals surface area contributed by atoms with E-state index in [0.29, 0.717) is 19.8 Å². The Bertz CT molecular complexity index is 309. The van der Waals surface area contributed by atoms with Gasteiger partial charge in [0.1, 0.15) is 0 Å². The third-order valence-corrected chi connectivity index (χ3v) is 2.24. The second-order valence-corrected chi connectivity index (χ2v) is 5.11. The molecule has 0 saturated heterocycles. The number of ether oxygens (including phenoxy) is 2. The third-order valence-electron chi connectivity index (χ3n) is 2.24. The fraction of sp³-hybridized carbons (Fsp3) is 0.643. The van der Waals surface area contributed by atoms with Gasteiger partial charge in [-0.1, -0.05) is 6.07 Å². The van der Waals surface area contributed by atoms with Crippen molar-refractivity contribution in [3.05, 3.63) is 30.1 Å². The minimum absolute atomic E-state index is 0.0814. The van der Waals surface area contributed by atoms with E-state index in [4.69, 9.17) is 9.47 Å². The first kappa shape index (κ1) is 15.1. The molecular formula is C14H24N2O2. The first-order valence-corrected chi connectivity index (χ1v) is 6.39. The standard InChI is InChI=1S/C14H24N2O2/c1-14(2,3)18-10-9-17-8-7-16-12-13-5-4-6-15-11-13/h4-6,11,16H,7-10,12H2,1-3H3. The van der Waals surface area contributed by atoms with E-state index in [1.165, 1.54) is 5.56 Å². The summed E-state index contributed by atoms with van der Waals surface area (Å²) >= 11 is 0. The highest BCUT2D eigenvalue weighted by Crippen LogP contribution is 2.05. The van der Waals surface area contributed by atoms with Crippen molar-refractivity contribution in [2.45, 2.75) is 32.9 Å². The van der Waals surface area contributed by atoms with Gasteiger partial charge in [0, 0.05) is 25.5 Å². The van der Waals surface area contributed by atoms with Gasteiger partial charge in [0.15, 0.2) is 0 Å². The molecule has 102 valence electrons. The zero-order valence-corrected chi connectivity index (χ0v) is 11.6. The van der Waals surface area contributed by atoms with Gasteiger partial charge < -0.3 is 14.8 Å². The van der Waals surface area contributed by atoms with Crippen LogP contribution in [0.4, 0.5) is 0 Å². The molecule has 0 aliphatic carbocycles. The molecule has 4 heteroatoms. The van der Waals surface area contributed by atoms with Crippen molar-refractivity contribution >= 4 is 0 Å². The van der Waals surface area contributed by atoms with Crippen LogP contribution in [-0.2, 0) is 16.0 Å². The van der Waals surface area contributed by atoms with Crippen molar-refractivity contribution in [3.63, 3.8) is 0 Å². The van der Waals surface area contributed by atoms with E-state index in [1.54, 1.807) is 6.20 Å². The summed E-state index contributed by atoms with van der Waals surface area (Å²) in [6.45, 7) is 9.79. The summed E-state index contributed by atoms with van der Waals surface area (Å²) in [4.78, 5) is 4.06. The van der Waals surface area contributed by atoms with Crippen molar-refractivity contribution < 1.29 is 9.47 Å². The maximum Gasteiger partial charge on any atom is 0.0707 e. The Morgan fingerprint density at radius 1 is 1.22 bits per heavy atom. The van der Waals surface area contributed by atoms with Gasteiger partial charge in [0.05, 0.1) is 25.4 Å². The summed E-state index contributed by atoms with van der Waals surface area (Å²) in [7, 11) is 0. The van der Waals surface area contributed by atoms with E-state index >= 15 is 0 Å². The number of nitrogens with zero attached hydrogens (tertiary/aromatic N) is 1. The average Bonchev–Trinajstić information content (AvgIpc) is 2.32. The molecule has 1 rings (SSSR count). The van der Waals surface area contributed by atoms with Crippen LogP contribution in [-0.4, -0.2) is 37.0 Å². The Labute approximate surface area is 110 Å². The second-order valence-electron chi connectivity index (χ2n) is 5.11. The first-order valence-electron chi connectivity index (χ1n) is 6.39. The lowest BCUT2D eigenvalue weighted by atomic mass is 10.2. The summed E-state index contributed by atoms with van der Waals surface area (Å²) in [5, 5.41) is 3.30. The van der Waals surface area contributed by atoms with E-state index in [2.05, 4.69) is 16.4 Å². The third kappa shape index (κ3) is 8.17. The highest BCUT2D eigenvalue weighted by Gasteiger charge is 2.08. The van der Waals surface area contributed by atoms with Crippen molar-refractivity contribution in [2.24, 2.45) is 0 Å². The molecule has 0 amide bonds. The van der Waals surface area contributed by atoms with Gasteiger partial charge in [-0.15, -0.1) is 0 Å². The highest BCUT2D eigenvalue weighted by molar-refractivity contribution is 5.07. The molecule has 0 fully saturated rings. The van der Waals surface area contributed by atoms with E-state index in [1.807, 2.05) is 33.0 Å². The molecule has 0 aliphatic heterocycles. The van der Waals surface area contributed by atoms with E-state index in [-0.39, 0.29) is 5.60 Å². The molecule has 0 aromatic carbocycles. The predicted octanol–water partition coefficient (Wildman–Crippen LogP) is 2.00. The number of rotatable bonds is 8. The molecule has 0 saturated carbocycles. The van der Waals surface area contributed by atoms with Crippen molar-refractivity contribution in [3.8, 4) is 0 Å². The second kappa shape index (κ2) is 8.19. The largest absolute Gasteiger partial charge is 0.378 e. The molecule has 0 radical (unpaired) electrons. The zero-order valence-electron chi connectivity index (χ0n) is 11.6. The minimum atomic E-state index is -0.0814. The van der Waals surface area contributed by atoms with Crippen LogP contribution in [0.25, 0.3) is 0 Å². The van der Waals surface area contributed by atoms with Gasteiger partial charge in [0.2, 0.25) is 0 Å². The lowest BCUT2D eigenvalue weighted by Gasteiger charge is -2.19. The SMILES string of the molecule is CC(C)(C)OCCOCCNCc1cccnc1. The van der Waals surface area contributed by atoms with Crippen molar-refractivity contribution in [1.82, 2.24) is 10.3 Å². The monoisotopic (exact) mass is 252 g/mol. The molecule has 0 unspecified atom stereocenters. The zero-order chi connectivity index (χ0) is 13.3. The molecule has 18 heavy (non-hydrogen) atoms. The Morgan fingerprint density at radius 2 is 2.06 bits per heavy atom. The number of aromatic nitrogens is 1. The van der Waals surface area contributed by atoms with Crippen LogP contribution in [0.3, 0.4) is 0 Å². The Balaban J connectivity index is 1.90. The van der Waals surface area contributed by atoms with Crippen LogP contribution < -0.4 is 5.32 Å². The Hall–Kier alpha value is -0.970. The van der Waals surface area contributed by atoms with E-state index in [0.717, 1.165) is 13.1 Å². The number of hydrogen-bond acceptors (Lipinski definition) is 4. The first-order chi connectivity index (χ1) is 8.58. The Kier molecular flexibility index (Phi) is 6.86.